The first kappa shape index (κ1) is 14.4. The third kappa shape index (κ3) is 5.78. The van der Waals surface area contributed by atoms with Crippen molar-refractivity contribution in [2.24, 2.45) is 5.92 Å². The fraction of sp³-hybridized carbons (Fsp3) is 0.917. The van der Waals surface area contributed by atoms with E-state index >= 15 is 0 Å². The highest BCUT2D eigenvalue weighted by molar-refractivity contribution is 5.81. The summed E-state index contributed by atoms with van der Waals surface area (Å²) < 4.78 is 0. The summed E-state index contributed by atoms with van der Waals surface area (Å²) in [6.45, 7) is 8.59. The van der Waals surface area contributed by atoms with Crippen molar-refractivity contribution in [3.8, 4) is 0 Å². The van der Waals surface area contributed by atoms with Crippen LogP contribution < -0.4 is 10.6 Å². The molecular formula is C12H26N2O. The lowest BCUT2D eigenvalue weighted by molar-refractivity contribution is -0.123. The van der Waals surface area contributed by atoms with Crippen molar-refractivity contribution in [1.29, 1.82) is 0 Å². The molecule has 3 heteroatoms. The fourth-order valence-electron chi connectivity index (χ4n) is 1.71. The Balaban J connectivity index is 4.28. The van der Waals surface area contributed by atoms with E-state index in [-0.39, 0.29) is 11.9 Å². The highest BCUT2D eigenvalue weighted by atomic mass is 16.2. The average Bonchev–Trinajstić information content (AvgIpc) is 2.22. The van der Waals surface area contributed by atoms with Gasteiger partial charge in [0.1, 0.15) is 0 Å². The zero-order chi connectivity index (χ0) is 11.8. The molecule has 0 bridgehead atoms. The molecular weight excluding hydrogens is 188 g/mol. The summed E-state index contributed by atoms with van der Waals surface area (Å²) >= 11 is 0. The van der Waals surface area contributed by atoms with Crippen molar-refractivity contribution in [1.82, 2.24) is 10.6 Å². The Morgan fingerprint density at radius 3 is 2.07 bits per heavy atom. The maximum absolute atomic E-state index is 11.6. The van der Waals surface area contributed by atoms with Crippen LogP contribution in [0.1, 0.15) is 47.0 Å². The van der Waals surface area contributed by atoms with Gasteiger partial charge in [0, 0.05) is 13.1 Å². The van der Waals surface area contributed by atoms with Crippen molar-refractivity contribution >= 4 is 5.91 Å². The van der Waals surface area contributed by atoms with Gasteiger partial charge in [0.15, 0.2) is 0 Å². The summed E-state index contributed by atoms with van der Waals surface area (Å²) in [6.07, 6.45) is 3.04. The first-order valence-corrected chi connectivity index (χ1v) is 6.02. The first-order valence-electron chi connectivity index (χ1n) is 6.02. The molecule has 0 aromatic rings. The van der Waals surface area contributed by atoms with E-state index in [0.29, 0.717) is 12.0 Å². The molecule has 0 fully saturated rings. The molecule has 1 atom stereocenters. The van der Waals surface area contributed by atoms with Crippen LogP contribution in [-0.2, 0) is 4.79 Å². The normalized spacial score (nSPS) is 13.3. The van der Waals surface area contributed by atoms with Crippen LogP contribution in [0.15, 0.2) is 0 Å². The zero-order valence-corrected chi connectivity index (χ0v) is 10.8. The predicted octanol–water partition coefficient (Wildman–Crippen LogP) is 1.93. The van der Waals surface area contributed by atoms with E-state index < -0.39 is 0 Å². The molecule has 0 radical (unpaired) electrons. The molecule has 0 aliphatic carbocycles. The van der Waals surface area contributed by atoms with Gasteiger partial charge in [0.2, 0.25) is 5.91 Å². The van der Waals surface area contributed by atoms with Gasteiger partial charge in [-0.1, -0.05) is 27.7 Å². The van der Waals surface area contributed by atoms with Gasteiger partial charge in [0.05, 0.1) is 6.04 Å². The van der Waals surface area contributed by atoms with Crippen molar-refractivity contribution in [3.63, 3.8) is 0 Å². The Morgan fingerprint density at radius 2 is 1.73 bits per heavy atom. The Morgan fingerprint density at radius 1 is 1.20 bits per heavy atom. The lowest BCUT2D eigenvalue weighted by atomic mass is 10.0. The molecule has 2 N–H and O–H groups in total. The summed E-state index contributed by atoms with van der Waals surface area (Å²) in [7, 11) is 1.70. The van der Waals surface area contributed by atoms with Gasteiger partial charge in [-0.25, -0.2) is 0 Å². The van der Waals surface area contributed by atoms with Crippen molar-refractivity contribution in [3.05, 3.63) is 0 Å². The minimum Gasteiger partial charge on any atom is -0.358 e. The van der Waals surface area contributed by atoms with E-state index in [4.69, 9.17) is 0 Å². The predicted molar refractivity (Wildman–Crippen MR) is 64.8 cm³/mol. The third-order valence-corrected chi connectivity index (χ3v) is 2.69. The lowest BCUT2D eigenvalue weighted by Gasteiger charge is -2.24. The number of amides is 1. The molecule has 0 rings (SSSR count). The third-order valence-electron chi connectivity index (χ3n) is 2.69. The molecule has 0 saturated carbocycles. The van der Waals surface area contributed by atoms with Crippen LogP contribution >= 0.6 is 0 Å². The number of hydrogen-bond donors (Lipinski definition) is 2. The average molecular weight is 214 g/mol. The quantitative estimate of drug-likeness (QED) is 0.680. The van der Waals surface area contributed by atoms with E-state index in [1.165, 1.54) is 0 Å². The molecule has 0 spiro atoms. The second-order valence-corrected chi connectivity index (χ2v) is 4.48. The van der Waals surface area contributed by atoms with E-state index in [2.05, 4.69) is 38.3 Å². The number of nitrogens with one attached hydrogen (secondary N) is 2. The smallest absolute Gasteiger partial charge is 0.236 e. The van der Waals surface area contributed by atoms with Gasteiger partial charge in [-0.2, -0.15) is 0 Å². The number of likely N-dealkylation sites (N-methyl/N-ethyl adjacent to an activating group) is 1. The van der Waals surface area contributed by atoms with E-state index in [1.54, 1.807) is 7.05 Å². The second-order valence-electron chi connectivity index (χ2n) is 4.48. The van der Waals surface area contributed by atoms with Crippen molar-refractivity contribution in [2.45, 2.75) is 59.0 Å². The molecule has 90 valence electrons. The van der Waals surface area contributed by atoms with Crippen LogP contribution in [0.5, 0.6) is 0 Å². The molecule has 0 aromatic heterocycles. The maximum atomic E-state index is 11.6. The summed E-state index contributed by atoms with van der Waals surface area (Å²) in [6, 6.07) is 0.408. The molecule has 0 aliphatic rings. The topological polar surface area (TPSA) is 41.1 Å². The Bertz CT molecular complexity index is 176. The van der Waals surface area contributed by atoms with Gasteiger partial charge in [-0.05, 0) is 25.2 Å². The van der Waals surface area contributed by atoms with Crippen LogP contribution in [0, 0.1) is 5.92 Å². The van der Waals surface area contributed by atoms with Gasteiger partial charge in [-0.15, -0.1) is 0 Å². The van der Waals surface area contributed by atoms with E-state index in [9.17, 15) is 4.79 Å². The summed E-state index contributed by atoms with van der Waals surface area (Å²) in [5.41, 5.74) is 0. The molecule has 0 heterocycles. The highest BCUT2D eigenvalue weighted by Crippen LogP contribution is 2.08. The minimum absolute atomic E-state index is 0.0418. The number of carbonyl (C=O) groups excluding carboxylic acids is 1. The summed E-state index contributed by atoms with van der Waals surface area (Å²) in [5.74, 6) is 0.643. The monoisotopic (exact) mass is 214 g/mol. The van der Waals surface area contributed by atoms with E-state index in [0.717, 1.165) is 19.3 Å². The summed E-state index contributed by atoms with van der Waals surface area (Å²) in [5, 5.41) is 6.15. The Labute approximate surface area is 94.0 Å². The molecule has 1 amide bonds. The standard InChI is InChI=1S/C12H26N2O/c1-6-10(7-2)14-11(8-9(3)4)12(15)13-5/h9-11,14H,6-8H2,1-5H3,(H,13,15). The van der Waals surface area contributed by atoms with Gasteiger partial charge < -0.3 is 10.6 Å². The van der Waals surface area contributed by atoms with Crippen LogP contribution in [0.2, 0.25) is 0 Å². The molecule has 0 aliphatic heterocycles. The lowest BCUT2D eigenvalue weighted by Crippen LogP contribution is -2.47. The van der Waals surface area contributed by atoms with Gasteiger partial charge in [0.25, 0.3) is 0 Å². The number of rotatable bonds is 7. The Kier molecular flexibility index (Phi) is 7.39. The molecule has 0 aromatic carbocycles. The molecule has 3 nitrogen and oxygen atoms in total. The zero-order valence-electron chi connectivity index (χ0n) is 10.8. The molecule has 0 saturated heterocycles. The molecule has 15 heavy (non-hydrogen) atoms. The van der Waals surface area contributed by atoms with Crippen LogP contribution in [0.25, 0.3) is 0 Å². The fourth-order valence-corrected chi connectivity index (χ4v) is 1.71. The highest BCUT2D eigenvalue weighted by Gasteiger charge is 2.20. The second kappa shape index (κ2) is 7.69. The van der Waals surface area contributed by atoms with Crippen molar-refractivity contribution < 1.29 is 4.79 Å². The van der Waals surface area contributed by atoms with Crippen molar-refractivity contribution in [2.75, 3.05) is 7.05 Å². The SMILES string of the molecule is CCC(CC)NC(CC(C)C)C(=O)NC. The Hall–Kier alpha value is -0.570. The van der Waals surface area contributed by atoms with Crippen LogP contribution in [-0.4, -0.2) is 25.0 Å². The first-order chi connectivity index (χ1) is 7.04. The van der Waals surface area contributed by atoms with Gasteiger partial charge >= 0.3 is 0 Å². The summed E-state index contributed by atoms with van der Waals surface area (Å²) in [4.78, 5) is 11.6. The number of carbonyl (C=O) groups is 1. The van der Waals surface area contributed by atoms with E-state index in [1.807, 2.05) is 0 Å². The maximum Gasteiger partial charge on any atom is 0.236 e. The van der Waals surface area contributed by atoms with Crippen LogP contribution in [0.4, 0.5) is 0 Å². The molecule has 1 unspecified atom stereocenters. The van der Waals surface area contributed by atoms with Gasteiger partial charge in [-0.3, -0.25) is 4.79 Å². The number of hydrogen-bond acceptors (Lipinski definition) is 2. The minimum atomic E-state index is -0.0418. The largest absolute Gasteiger partial charge is 0.358 e. The van der Waals surface area contributed by atoms with Crippen LogP contribution in [0.3, 0.4) is 0 Å².